The van der Waals surface area contributed by atoms with E-state index in [2.05, 4.69) is 24.1 Å². The lowest BCUT2D eigenvalue weighted by molar-refractivity contribution is 0.0901. The first kappa shape index (κ1) is 13.9. The second-order valence-corrected chi connectivity index (χ2v) is 5.46. The summed E-state index contributed by atoms with van der Waals surface area (Å²) < 4.78 is 0. The number of nitrogens with zero attached hydrogens (tertiary/aromatic N) is 1. The molecular weight excluding hydrogens is 238 g/mol. The van der Waals surface area contributed by atoms with Gasteiger partial charge in [-0.3, -0.25) is 4.79 Å². The number of benzene rings is 1. The SMILES string of the molecule is CC(C)N1CCC(NC(=O)c2ccccc2N)CC1. The Morgan fingerprint density at radius 3 is 2.53 bits per heavy atom. The van der Waals surface area contributed by atoms with Gasteiger partial charge in [-0.1, -0.05) is 12.1 Å². The van der Waals surface area contributed by atoms with Gasteiger partial charge in [-0.2, -0.15) is 0 Å². The average Bonchev–Trinajstić information content (AvgIpc) is 2.39. The van der Waals surface area contributed by atoms with Crippen LogP contribution in [0.4, 0.5) is 5.69 Å². The van der Waals surface area contributed by atoms with Gasteiger partial charge in [0.25, 0.3) is 5.91 Å². The molecule has 0 aliphatic carbocycles. The number of hydrogen-bond acceptors (Lipinski definition) is 3. The number of anilines is 1. The van der Waals surface area contributed by atoms with Gasteiger partial charge in [0.05, 0.1) is 5.56 Å². The molecule has 1 amide bonds. The highest BCUT2D eigenvalue weighted by atomic mass is 16.1. The van der Waals surface area contributed by atoms with Gasteiger partial charge in [-0.25, -0.2) is 0 Å². The molecule has 4 nitrogen and oxygen atoms in total. The van der Waals surface area contributed by atoms with Crippen LogP contribution in [0.5, 0.6) is 0 Å². The molecule has 0 atom stereocenters. The van der Waals surface area contributed by atoms with E-state index in [-0.39, 0.29) is 11.9 Å². The van der Waals surface area contributed by atoms with Crippen molar-refractivity contribution >= 4 is 11.6 Å². The fourth-order valence-corrected chi connectivity index (χ4v) is 2.53. The first-order chi connectivity index (χ1) is 9.08. The highest BCUT2D eigenvalue weighted by Gasteiger charge is 2.22. The number of carbonyl (C=O) groups excluding carboxylic acids is 1. The van der Waals surface area contributed by atoms with E-state index in [4.69, 9.17) is 5.73 Å². The predicted molar refractivity (Wildman–Crippen MR) is 78.1 cm³/mol. The number of likely N-dealkylation sites (tertiary alicyclic amines) is 1. The van der Waals surface area contributed by atoms with E-state index < -0.39 is 0 Å². The zero-order valence-electron chi connectivity index (χ0n) is 11.7. The minimum atomic E-state index is -0.0545. The van der Waals surface area contributed by atoms with Crippen molar-refractivity contribution in [2.24, 2.45) is 0 Å². The molecular formula is C15H23N3O. The number of nitrogens with two attached hydrogens (primary N) is 1. The van der Waals surface area contributed by atoms with Crippen molar-refractivity contribution in [1.82, 2.24) is 10.2 Å². The molecule has 1 heterocycles. The van der Waals surface area contributed by atoms with Crippen molar-refractivity contribution in [3.8, 4) is 0 Å². The Labute approximate surface area is 115 Å². The third kappa shape index (κ3) is 3.47. The molecule has 19 heavy (non-hydrogen) atoms. The fourth-order valence-electron chi connectivity index (χ4n) is 2.53. The molecule has 1 aliphatic rings. The van der Waals surface area contributed by atoms with Crippen LogP contribution in [0.3, 0.4) is 0 Å². The van der Waals surface area contributed by atoms with Gasteiger partial charge >= 0.3 is 0 Å². The van der Waals surface area contributed by atoms with Crippen molar-refractivity contribution < 1.29 is 4.79 Å². The van der Waals surface area contributed by atoms with Gasteiger partial charge in [-0.05, 0) is 38.8 Å². The van der Waals surface area contributed by atoms with Gasteiger partial charge in [0.15, 0.2) is 0 Å². The van der Waals surface area contributed by atoms with Crippen LogP contribution in [0, 0.1) is 0 Å². The summed E-state index contributed by atoms with van der Waals surface area (Å²) in [5.41, 5.74) is 6.94. The molecule has 3 N–H and O–H groups in total. The first-order valence-corrected chi connectivity index (χ1v) is 6.97. The van der Waals surface area contributed by atoms with Gasteiger partial charge in [-0.15, -0.1) is 0 Å². The van der Waals surface area contributed by atoms with E-state index in [0.717, 1.165) is 25.9 Å². The molecule has 0 aromatic heterocycles. The van der Waals surface area contributed by atoms with Crippen LogP contribution in [-0.4, -0.2) is 36.0 Å². The van der Waals surface area contributed by atoms with Crippen LogP contribution in [0.2, 0.25) is 0 Å². The smallest absolute Gasteiger partial charge is 0.253 e. The highest BCUT2D eigenvalue weighted by Crippen LogP contribution is 2.15. The lowest BCUT2D eigenvalue weighted by Crippen LogP contribution is -2.46. The Bertz CT molecular complexity index is 437. The van der Waals surface area contributed by atoms with Crippen molar-refractivity contribution in [1.29, 1.82) is 0 Å². The van der Waals surface area contributed by atoms with E-state index in [1.165, 1.54) is 0 Å². The van der Waals surface area contributed by atoms with Crippen LogP contribution in [0.25, 0.3) is 0 Å². The molecule has 1 aliphatic heterocycles. The lowest BCUT2D eigenvalue weighted by Gasteiger charge is -2.34. The quantitative estimate of drug-likeness (QED) is 0.817. The zero-order chi connectivity index (χ0) is 13.8. The summed E-state index contributed by atoms with van der Waals surface area (Å²) in [5.74, 6) is -0.0545. The van der Waals surface area contributed by atoms with Gasteiger partial charge in [0.1, 0.15) is 0 Å². The van der Waals surface area contributed by atoms with Crippen molar-refractivity contribution in [2.75, 3.05) is 18.8 Å². The summed E-state index contributed by atoms with van der Waals surface area (Å²) >= 11 is 0. The van der Waals surface area contributed by atoms with Crippen LogP contribution in [0.1, 0.15) is 37.0 Å². The number of carbonyl (C=O) groups is 1. The van der Waals surface area contributed by atoms with Crippen LogP contribution < -0.4 is 11.1 Å². The molecule has 4 heteroatoms. The summed E-state index contributed by atoms with van der Waals surface area (Å²) in [4.78, 5) is 14.6. The van der Waals surface area contributed by atoms with E-state index >= 15 is 0 Å². The molecule has 0 bridgehead atoms. The molecule has 0 radical (unpaired) electrons. The Morgan fingerprint density at radius 2 is 1.95 bits per heavy atom. The molecule has 1 aromatic rings. The maximum atomic E-state index is 12.1. The molecule has 0 saturated carbocycles. The second kappa shape index (κ2) is 6.06. The Hall–Kier alpha value is -1.55. The molecule has 1 saturated heterocycles. The number of piperidine rings is 1. The number of rotatable bonds is 3. The lowest BCUT2D eigenvalue weighted by atomic mass is 10.0. The standard InChI is InChI=1S/C15H23N3O/c1-11(2)18-9-7-12(8-10-18)17-15(19)13-5-3-4-6-14(13)16/h3-6,11-12H,7-10,16H2,1-2H3,(H,17,19). The molecule has 1 aromatic carbocycles. The summed E-state index contributed by atoms with van der Waals surface area (Å²) in [7, 11) is 0. The van der Waals surface area contributed by atoms with Crippen LogP contribution in [0.15, 0.2) is 24.3 Å². The third-order valence-corrected chi connectivity index (χ3v) is 3.80. The van der Waals surface area contributed by atoms with Crippen molar-refractivity contribution in [2.45, 2.75) is 38.8 Å². The van der Waals surface area contributed by atoms with Gasteiger partial charge in [0.2, 0.25) is 0 Å². The van der Waals surface area contributed by atoms with Crippen molar-refractivity contribution in [3.63, 3.8) is 0 Å². The predicted octanol–water partition coefficient (Wildman–Crippen LogP) is 1.87. The van der Waals surface area contributed by atoms with E-state index in [1.807, 2.05) is 12.1 Å². The topological polar surface area (TPSA) is 58.4 Å². The van der Waals surface area contributed by atoms with Gasteiger partial charge in [0, 0.05) is 30.9 Å². The Morgan fingerprint density at radius 1 is 1.32 bits per heavy atom. The van der Waals surface area contributed by atoms with Gasteiger partial charge < -0.3 is 16.0 Å². The average molecular weight is 261 g/mol. The number of nitrogen functional groups attached to an aromatic ring is 1. The number of nitrogens with one attached hydrogen (secondary N) is 1. The molecule has 104 valence electrons. The molecule has 2 rings (SSSR count). The van der Waals surface area contributed by atoms with Crippen LogP contribution >= 0.6 is 0 Å². The molecule has 1 fully saturated rings. The molecule has 0 spiro atoms. The van der Waals surface area contributed by atoms with Crippen LogP contribution in [-0.2, 0) is 0 Å². The summed E-state index contributed by atoms with van der Waals surface area (Å²) in [6.45, 7) is 6.52. The number of hydrogen-bond donors (Lipinski definition) is 2. The largest absolute Gasteiger partial charge is 0.398 e. The third-order valence-electron chi connectivity index (χ3n) is 3.80. The normalized spacial score (nSPS) is 17.6. The molecule has 0 unspecified atom stereocenters. The first-order valence-electron chi connectivity index (χ1n) is 6.97. The summed E-state index contributed by atoms with van der Waals surface area (Å²) in [6, 6.07) is 8.06. The Kier molecular flexibility index (Phi) is 4.43. The highest BCUT2D eigenvalue weighted by molar-refractivity contribution is 5.99. The zero-order valence-corrected chi connectivity index (χ0v) is 11.7. The fraction of sp³-hybridized carbons (Fsp3) is 0.533. The summed E-state index contributed by atoms with van der Waals surface area (Å²) in [6.07, 6.45) is 2.02. The van der Waals surface area contributed by atoms with Crippen molar-refractivity contribution in [3.05, 3.63) is 29.8 Å². The monoisotopic (exact) mass is 261 g/mol. The van der Waals surface area contributed by atoms with E-state index in [0.29, 0.717) is 17.3 Å². The maximum Gasteiger partial charge on any atom is 0.253 e. The van der Waals surface area contributed by atoms with E-state index in [1.54, 1.807) is 12.1 Å². The minimum Gasteiger partial charge on any atom is -0.398 e. The summed E-state index contributed by atoms with van der Waals surface area (Å²) in [5, 5.41) is 3.09. The Balaban J connectivity index is 1.89. The number of para-hydroxylation sites is 1. The minimum absolute atomic E-state index is 0.0545. The maximum absolute atomic E-state index is 12.1. The second-order valence-electron chi connectivity index (χ2n) is 5.46. The van der Waals surface area contributed by atoms with E-state index in [9.17, 15) is 4.79 Å². The number of amides is 1.